The van der Waals surface area contributed by atoms with Crippen molar-refractivity contribution in [1.29, 1.82) is 0 Å². The van der Waals surface area contributed by atoms with Crippen LogP contribution in [-0.2, 0) is 4.79 Å². The fourth-order valence-electron chi connectivity index (χ4n) is 2.26. The molecule has 0 aliphatic carbocycles. The summed E-state index contributed by atoms with van der Waals surface area (Å²) in [5.74, 6) is -0.368. The van der Waals surface area contributed by atoms with Crippen LogP contribution >= 0.6 is 23.2 Å². The molecule has 0 aromatic carbocycles. The highest BCUT2D eigenvalue weighted by atomic mass is 35.5. The summed E-state index contributed by atoms with van der Waals surface area (Å²) in [6, 6.07) is 1.47. The Balaban J connectivity index is 2.33. The van der Waals surface area contributed by atoms with Crippen molar-refractivity contribution in [1.82, 2.24) is 14.8 Å². The van der Waals surface area contributed by atoms with Gasteiger partial charge in [-0.05, 0) is 19.9 Å². The summed E-state index contributed by atoms with van der Waals surface area (Å²) < 4.78 is 0. The lowest BCUT2D eigenvalue weighted by molar-refractivity contribution is -0.144. The Hall–Kier alpha value is -1.33. The molecule has 2 heterocycles. The molecule has 0 atom stereocenters. The molecule has 2 rings (SSSR count). The maximum atomic E-state index is 12.5. The minimum atomic E-state index is -0.893. The molecule has 0 N–H and O–H groups in total. The highest BCUT2D eigenvalue weighted by Crippen LogP contribution is 2.26. The van der Waals surface area contributed by atoms with Gasteiger partial charge in [-0.2, -0.15) is 0 Å². The number of halogens is 2. The maximum Gasteiger partial charge on any atom is 0.256 e. The van der Waals surface area contributed by atoms with E-state index in [0.717, 1.165) is 0 Å². The molecular formula is C13H15Cl2N3O2. The predicted molar refractivity (Wildman–Crippen MR) is 77.0 cm³/mol. The summed E-state index contributed by atoms with van der Waals surface area (Å²) in [6.45, 7) is 4.43. The predicted octanol–water partition coefficient (Wildman–Crippen LogP) is 2.08. The third-order valence-corrected chi connectivity index (χ3v) is 4.18. The summed E-state index contributed by atoms with van der Waals surface area (Å²) in [4.78, 5) is 31.8. The number of aromatic nitrogens is 1. The molecule has 1 saturated heterocycles. The first-order valence-corrected chi connectivity index (χ1v) is 6.89. The average molecular weight is 316 g/mol. The fraction of sp³-hybridized carbons (Fsp3) is 0.462. The van der Waals surface area contributed by atoms with Crippen LogP contribution in [0.5, 0.6) is 0 Å². The lowest BCUT2D eigenvalue weighted by Gasteiger charge is -2.44. The topological polar surface area (TPSA) is 53.5 Å². The number of pyridine rings is 1. The summed E-state index contributed by atoms with van der Waals surface area (Å²) in [5, 5.41) is 0.368. The minimum Gasteiger partial charge on any atom is -0.342 e. The lowest BCUT2D eigenvalue weighted by Crippen LogP contribution is -2.63. The van der Waals surface area contributed by atoms with Crippen LogP contribution in [0.25, 0.3) is 0 Å². The molecule has 1 aliphatic heterocycles. The van der Waals surface area contributed by atoms with Crippen molar-refractivity contribution in [2.75, 3.05) is 20.1 Å². The van der Waals surface area contributed by atoms with Crippen molar-refractivity contribution in [2.45, 2.75) is 19.4 Å². The number of hydrogen-bond acceptors (Lipinski definition) is 3. The lowest BCUT2D eigenvalue weighted by atomic mass is 9.97. The normalized spacial score (nSPS) is 18.4. The monoisotopic (exact) mass is 315 g/mol. The van der Waals surface area contributed by atoms with Crippen molar-refractivity contribution in [2.24, 2.45) is 0 Å². The fourth-order valence-corrected chi connectivity index (χ4v) is 2.53. The van der Waals surface area contributed by atoms with E-state index in [9.17, 15) is 9.59 Å². The van der Waals surface area contributed by atoms with E-state index in [1.165, 1.54) is 17.2 Å². The molecule has 0 unspecified atom stereocenters. The highest BCUT2D eigenvalue weighted by molar-refractivity contribution is 6.41. The van der Waals surface area contributed by atoms with Crippen LogP contribution in [0.2, 0.25) is 10.2 Å². The SMILES string of the molecule is CN1CCN(C(=O)c2cnc(Cl)c(Cl)c2)C(C)(C)C1=O. The standard InChI is InChI=1S/C13H15Cl2N3O2/c1-13(2)12(20)17(3)4-5-18(13)11(19)8-6-9(14)10(15)16-7-8/h6-7H,4-5H2,1-3H3. The van der Waals surface area contributed by atoms with E-state index in [-0.39, 0.29) is 22.0 Å². The van der Waals surface area contributed by atoms with Crippen LogP contribution in [0.3, 0.4) is 0 Å². The minimum absolute atomic E-state index is 0.0925. The van der Waals surface area contributed by atoms with Crippen molar-refractivity contribution >= 4 is 35.0 Å². The Morgan fingerprint density at radius 2 is 2.00 bits per heavy atom. The smallest absolute Gasteiger partial charge is 0.256 e. The zero-order valence-corrected chi connectivity index (χ0v) is 13.0. The van der Waals surface area contributed by atoms with Gasteiger partial charge in [0.05, 0.1) is 10.6 Å². The Morgan fingerprint density at radius 1 is 1.35 bits per heavy atom. The van der Waals surface area contributed by atoms with E-state index in [0.29, 0.717) is 18.7 Å². The van der Waals surface area contributed by atoms with E-state index < -0.39 is 5.54 Å². The van der Waals surface area contributed by atoms with Crippen LogP contribution in [0, 0.1) is 0 Å². The van der Waals surface area contributed by atoms with Crippen LogP contribution in [0.15, 0.2) is 12.3 Å². The van der Waals surface area contributed by atoms with Crippen LogP contribution in [0.4, 0.5) is 0 Å². The number of nitrogens with zero attached hydrogens (tertiary/aromatic N) is 3. The Kier molecular flexibility index (Phi) is 3.93. The molecule has 7 heteroatoms. The molecule has 1 aromatic rings. The van der Waals surface area contributed by atoms with Gasteiger partial charge in [0.25, 0.3) is 5.91 Å². The van der Waals surface area contributed by atoms with Gasteiger partial charge < -0.3 is 9.80 Å². The molecule has 1 aromatic heterocycles. The number of carbonyl (C=O) groups excluding carboxylic acids is 2. The van der Waals surface area contributed by atoms with Gasteiger partial charge in [-0.25, -0.2) is 4.98 Å². The number of hydrogen-bond donors (Lipinski definition) is 0. The molecule has 0 radical (unpaired) electrons. The third kappa shape index (κ3) is 2.47. The van der Waals surface area contributed by atoms with Crippen molar-refractivity contribution < 1.29 is 9.59 Å². The number of carbonyl (C=O) groups is 2. The van der Waals surface area contributed by atoms with Gasteiger partial charge in [0.1, 0.15) is 10.7 Å². The second kappa shape index (κ2) is 5.22. The van der Waals surface area contributed by atoms with Crippen molar-refractivity contribution in [3.63, 3.8) is 0 Å². The number of rotatable bonds is 1. The van der Waals surface area contributed by atoms with E-state index in [1.54, 1.807) is 25.8 Å². The first kappa shape index (κ1) is 15.1. The van der Waals surface area contributed by atoms with Gasteiger partial charge >= 0.3 is 0 Å². The molecule has 20 heavy (non-hydrogen) atoms. The Morgan fingerprint density at radius 3 is 2.60 bits per heavy atom. The highest BCUT2D eigenvalue weighted by Gasteiger charge is 2.43. The molecule has 0 saturated carbocycles. The zero-order chi connectivity index (χ0) is 15.1. The second-order valence-corrected chi connectivity index (χ2v) is 6.00. The third-order valence-electron chi connectivity index (χ3n) is 3.49. The van der Waals surface area contributed by atoms with Crippen molar-refractivity contribution in [3.05, 3.63) is 28.0 Å². The van der Waals surface area contributed by atoms with Gasteiger partial charge in [-0.15, -0.1) is 0 Å². The van der Waals surface area contributed by atoms with Crippen LogP contribution in [0.1, 0.15) is 24.2 Å². The van der Waals surface area contributed by atoms with Gasteiger partial charge in [0.2, 0.25) is 5.91 Å². The largest absolute Gasteiger partial charge is 0.342 e. The zero-order valence-electron chi connectivity index (χ0n) is 11.5. The Bertz CT molecular complexity index is 575. The molecular weight excluding hydrogens is 301 g/mol. The molecule has 0 spiro atoms. The quantitative estimate of drug-likeness (QED) is 0.746. The van der Waals surface area contributed by atoms with Gasteiger partial charge in [0.15, 0.2) is 0 Å². The molecule has 1 fully saturated rings. The van der Waals surface area contributed by atoms with Gasteiger partial charge in [-0.1, -0.05) is 23.2 Å². The summed E-state index contributed by atoms with van der Waals surface area (Å²) >= 11 is 11.6. The molecule has 2 amide bonds. The van der Waals surface area contributed by atoms with Crippen LogP contribution in [-0.4, -0.2) is 52.3 Å². The van der Waals surface area contributed by atoms with E-state index in [2.05, 4.69) is 4.98 Å². The van der Waals surface area contributed by atoms with Gasteiger partial charge in [-0.3, -0.25) is 9.59 Å². The molecule has 108 valence electrons. The Labute approximate surface area is 127 Å². The average Bonchev–Trinajstić information content (AvgIpc) is 2.39. The first-order valence-electron chi connectivity index (χ1n) is 6.13. The summed E-state index contributed by atoms with van der Waals surface area (Å²) in [5.41, 5.74) is -0.569. The molecule has 1 aliphatic rings. The molecule has 0 bridgehead atoms. The van der Waals surface area contributed by atoms with E-state index in [1.807, 2.05) is 0 Å². The molecule has 5 nitrogen and oxygen atoms in total. The van der Waals surface area contributed by atoms with Crippen LogP contribution < -0.4 is 0 Å². The van der Waals surface area contributed by atoms with E-state index >= 15 is 0 Å². The summed E-state index contributed by atoms with van der Waals surface area (Å²) in [7, 11) is 1.73. The van der Waals surface area contributed by atoms with Crippen molar-refractivity contribution in [3.8, 4) is 0 Å². The number of amides is 2. The maximum absolute atomic E-state index is 12.5. The van der Waals surface area contributed by atoms with E-state index in [4.69, 9.17) is 23.2 Å². The number of piperazine rings is 1. The number of likely N-dealkylation sites (N-methyl/N-ethyl adjacent to an activating group) is 1. The van der Waals surface area contributed by atoms with Gasteiger partial charge in [0, 0.05) is 26.3 Å². The second-order valence-electron chi connectivity index (χ2n) is 5.24. The summed E-state index contributed by atoms with van der Waals surface area (Å²) in [6.07, 6.45) is 1.37. The first-order chi connectivity index (χ1) is 9.25.